The SMILES string of the molecule is CC(C)CCNC(=O)c1cccc(CS(C)=O)c1. The van der Waals surface area contributed by atoms with E-state index in [4.69, 9.17) is 0 Å². The van der Waals surface area contributed by atoms with Crippen LogP contribution in [0.5, 0.6) is 0 Å². The summed E-state index contributed by atoms with van der Waals surface area (Å²) in [5.74, 6) is 1.02. The minimum atomic E-state index is -0.881. The van der Waals surface area contributed by atoms with E-state index in [1.807, 2.05) is 18.2 Å². The van der Waals surface area contributed by atoms with E-state index in [9.17, 15) is 9.00 Å². The maximum absolute atomic E-state index is 11.9. The van der Waals surface area contributed by atoms with Crippen LogP contribution in [0, 0.1) is 5.92 Å². The van der Waals surface area contributed by atoms with Gasteiger partial charge in [-0.25, -0.2) is 0 Å². The second-order valence-corrected chi connectivity index (χ2v) is 6.29. The van der Waals surface area contributed by atoms with Gasteiger partial charge in [-0.05, 0) is 30.0 Å². The molecule has 0 fully saturated rings. The van der Waals surface area contributed by atoms with Crippen molar-refractivity contribution in [3.8, 4) is 0 Å². The molecule has 1 unspecified atom stereocenters. The summed E-state index contributed by atoms with van der Waals surface area (Å²) in [5.41, 5.74) is 1.58. The largest absolute Gasteiger partial charge is 0.352 e. The Labute approximate surface area is 111 Å². The lowest BCUT2D eigenvalue weighted by atomic mass is 10.1. The van der Waals surface area contributed by atoms with Crippen LogP contribution in [0.2, 0.25) is 0 Å². The van der Waals surface area contributed by atoms with Gasteiger partial charge in [0.05, 0.1) is 0 Å². The number of amides is 1. The van der Waals surface area contributed by atoms with Crippen molar-refractivity contribution >= 4 is 16.7 Å². The highest BCUT2D eigenvalue weighted by Crippen LogP contribution is 2.07. The molecule has 0 saturated heterocycles. The Morgan fingerprint density at radius 3 is 2.72 bits per heavy atom. The molecule has 1 N–H and O–H groups in total. The van der Waals surface area contributed by atoms with Gasteiger partial charge in [-0.1, -0.05) is 26.0 Å². The summed E-state index contributed by atoms with van der Waals surface area (Å²) in [4.78, 5) is 11.9. The van der Waals surface area contributed by atoms with E-state index in [-0.39, 0.29) is 5.91 Å². The molecule has 0 aliphatic heterocycles. The topological polar surface area (TPSA) is 46.2 Å². The van der Waals surface area contributed by atoms with E-state index < -0.39 is 10.8 Å². The highest BCUT2D eigenvalue weighted by atomic mass is 32.2. The molecule has 0 radical (unpaired) electrons. The van der Waals surface area contributed by atoms with E-state index in [0.717, 1.165) is 12.0 Å². The smallest absolute Gasteiger partial charge is 0.251 e. The predicted molar refractivity (Wildman–Crippen MR) is 76.0 cm³/mol. The van der Waals surface area contributed by atoms with Crippen molar-refractivity contribution in [2.24, 2.45) is 5.92 Å². The van der Waals surface area contributed by atoms with Crippen LogP contribution in [0.1, 0.15) is 36.2 Å². The molecule has 1 aromatic rings. The van der Waals surface area contributed by atoms with E-state index >= 15 is 0 Å². The van der Waals surface area contributed by atoms with Crippen molar-refractivity contribution in [1.82, 2.24) is 5.32 Å². The molecule has 0 spiro atoms. The molecule has 3 nitrogen and oxygen atoms in total. The Balaban J connectivity index is 2.59. The Morgan fingerprint density at radius 2 is 2.11 bits per heavy atom. The molecule has 100 valence electrons. The number of benzene rings is 1. The van der Waals surface area contributed by atoms with E-state index in [0.29, 0.717) is 23.8 Å². The first-order valence-corrected chi connectivity index (χ1v) is 7.89. The van der Waals surface area contributed by atoms with E-state index in [1.165, 1.54) is 0 Å². The van der Waals surface area contributed by atoms with Crippen LogP contribution in [-0.2, 0) is 16.6 Å². The van der Waals surface area contributed by atoms with E-state index in [1.54, 1.807) is 12.3 Å². The van der Waals surface area contributed by atoms with Gasteiger partial charge < -0.3 is 5.32 Å². The van der Waals surface area contributed by atoms with Gasteiger partial charge in [-0.15, -0.1) is 0 Å². The standard InChI is InChI=1S/C14H21NO2S/c1-11(2)7-8-15-14(16)13-6-4-5-12(9-13)10-18(3)17/h4-6,9,11H,7-8,10H2,1-3H3,(H,15,16). The second kappa shape index (κ2) is 7.31. The summed E-state index contributed by atoms with van der Waals surface area (Å²) in [7, 11) is -0.881. The second-order valence-electron chi connectivity index (χ2n) is 4.86. The molecule has 1 aromatic carbocycles. The molecule has 0 aliphatic carbocycles. The maximum Gasteiger partial charge on any atom is 0.251 e. The fraction of sp³-hybridized carbons (Fsp3) is 0.500. The minimum absolute atomic E-state index is 0.0561. The lowest BCUT2D eigenvalue weighted by Gasteiger charge is -2.08. The fourth-order valence-corrected chi connectivity index (χ4v) is 2.26. The molecule has 0 heterocycles. The molecular formula is C14H21NO2S. The molecule has 0 saturated carbocycles. The first-order chi connectivity index (χ1) is 8.49. The summed E-state index contributed by atoms with van der Waals surface area (Å²) in [6, 6.07) is 7.32. The fourth-order valence-electron chi connectivity index (χ4n) is 1.61. The molecule has 1 amide bonds. The van der Waals surface area contributed by atoms with Crippen molar-refractivity contribution in [2.45, 2.75) is 26.0 Å². The van der Waals surface area contributed by atoms with Gasteiger partial charge in [0.2, 0.25) is 0 Å². The molecule has 1 rings (SSSR count). The van der Waals surface area contributed by atoms with Crippen LogP contribution in [0.25, 0.3) is 0 Å². The van der Waals surface area contributed by atoms with Crippen LogP contribution in [0.3, 0.4) is 0 Å². The number of carbonyl (C=O) groups is 1. The van der Waals surface area contributed by atoms with Crippen LogP contribution in [0.4, 0.5) is 0 Å². The van der Waals surface area contributed by atoms with Gasteiger partial charge in [0.25, 0.3) is 5.91 Å². The Kier molecular flexibility index (Phi) is 6.05. The van der Waals surface area contributed by atoms with E-state index in [2.05, 4.69) is 19.2 Å². The maximum atomic E-state index is 11.9. The first-order valence-electron chi connectivity index (χ1n) is 6.16. The van der Waals surface area contributed by atoms with Crippen molar-refractivity contribution in [3.05, 3.63) is 35.4 Å². The first kappa shape index (κ1) is 14.9. The van der Waals surface area contributed by atoms with Crippen molar-refractivity contribution in [2.75, 3.05) is 12.8 Å². The summed E-state index contributed by atoms with van der Waals surface area (Å²) in [6.07, 6.45) is 2.64. The van der Waals surface area contributed by atoms with Gasteiger partial charge in [0.1, 0.15) is 0 Å². The monoisotopic (exact) mass is 267 g/mol. The Bertz CT molecular complexity index is 430. The van der Waals surface area contributed by atoms with Gasteiger partial charge >= 0.3 is 0 Å². The molecule has 1 atom stereocenters. The minimum Gasteiger partial charge on any atom is -0.352 e. The normalized spacial score (nSPS) is 12.4. The van der Waals surface area contributed by atoms with Crippen molar-refractivity contribution in [3.63, 3.8) is 0 Å². The van der Waals surface area contributed by atoms with Gasteiger partial charge in [0, 0.05) is 34.9 Å². The summed E-state index contributed by atoms with van der Waals surface area (Å²) >= 11 is 0. The van der Waals surface area contributed by atoms with Crippen LogP contribution >= 0.6 is 0 Å². The van der Waals surface area contributed by atoms with Crippen molar-refractivity contribution in [1.29, 1.82) is 0 Å². The summed E-state index contributed by atoms with van der Waals surface area (Å²) in [5, 5.41) is 2.90. The highest BCUT2D eigenvalue weighted by Gasteiger charge is 2.06. The molecule has 0 aliphatic rings. The molecular weight excluding hydrogens is 246 g/mol. The third kappa shape index (κ3) is 5.45. The zero-order valence-corrected chi connectivity index (χ0v) is 12.0. The van der Waals surface area contributed by atoms with Crippen molar-refractivity contribution < 1.29 is 9.00 Å². The third-order valence-electron chi connectivity index (χ3n) is 2.57. The number of carbonyl (C=O) groups excluding carboxylic acids is 1. The molecule has 4 heteroatoms. The molecule has 18 heavy (non-hydrogen) atoms. The number of nitrogens with one attached hydrogen (secondary N) is 1. The lowest BCUT2D eigenvalue weighted by molar-refractivity contribution is 0.0952. The number of rotatable bonds is 6. The average Bonchev–Trinajstić information content (AvgIpc) is 2.27. The van der Waals surface area contributed by atoms with Gasteiger partial charge in [-0.2, -0.15) is 0 Å². The highest BCUT2D eigenvalue weighted by molar-refractivity contribution is 7.83. The third-order valence-corrected chi connectivity index (χ3v) is 3.31. The summed E-state index contributed by atoms with van der Waals surface area (Å²) in [6.45, 7) is 4.95. The average molecular weight is 267 g/mol. The quantitative estimate of drug-likeness (QED) is 0.860. The summed E-state index contributed by atoms with van der Waals surface area (Å²) < 4.78 is 11.2. The number of hydrogen-bond donors (Lipinski definition) is 1. The number of hydrogen-bond acceptors (Lipinski definition) is 2. The van der Waals surface area contributed by atoms with Gasteiger partial charge in [0.15, 0.2) is 0 Å². The van der Waals surface area contributed by atoms with Crippen LogP contribution < -0.4 is 5.32 Å². The van der Waals surface area contributed by atoms with Crippen LogP contribution in [0.15, 0.2) is 24.3 Å². The Morgan fingerprint density at radius 1 is 1.39 bits per heavy atom. The molecule has 0 aromatic heterocycles. The lowest BCUT2D eigenvalue weighted by Crippen LogP contribution is -2.25. The molecule has 0 bridgehead atoms. The van der Waals surface area contributed by atoms with Gasteiger partial charge in [-0.3, -0.25) is 9.00 Å². The zero-order chi connectivity index (χ0) is 13.5. The predicted octanol–water partition coefficient (Wildman–Crippen LogP) is 2.34. The van der Waals surface area contributed by atoms with Crippen LogP contribution in [-0.4, -0.2) is 22.9 Å². The zero-order valence-electron chi connectivity index (χ0n) is 11.2. The Hall–Kier alpha value is -1.16.